The maximum absolute atomic E-state index is 12.0. The Balaban J connectivity index is 2.01. The van der Waals surface area contributed by atoms with Crippen molar-refractivity contribution in [3.63, 3.8) is 0 Å². The molecule has 1 unspecified atom stereocenters. The number of hydrogen-bond acceptors (Lipinski definition) is 3. The summed E-state index contributed by atoms with van der Waals surface area (Å²) in [7, 11) is 0. The Morgan fingerprint density at radius 2 is 2.24 bits per heavy atom. The Morgan fingerprint density at radius 1 is 1.41 bits per heavy atom. The molecule has 17 heavy (non-hydrogen) atoms. The Kier molecular flexibility index (Phi) is 2.79. The lowest BCUT2D eigenvalue weighted by molar-refractivity contribution is -0.116. The first-order valence-electron chi connectivity index (χ1n) is 5.64. The molecular formula is C13H12BrNOS. The highest BCUT2D eigenvalue weighted by atomic mass is 79.9. The number of nitrogens with one attached hydrogen (secondary N) is 1. The molecule has 1 heterocycles. The van der Waals surface area contributed by atoms with E-state index in [0.717, 1.165) is 32.1 Å². The van der Waals surface area contributed by atoms with Gasteiger partial charge in [0, 0.05) is 21.5 Å². The lowest BCUT2D eigenvalue weighted by atomic mass is 9.92. The summed E-state index contributed by atoms with van der Waals surface area (Å²) in [5.74, 6) is 0.730. The molecule has 1 N–H and O–H groups in total. The van der Waals surface area contributed by atoms with Gasteiger partial charge >= 0.3 is 0 Å². The van der Waals surface area contributed by atoms with Crippen molar-refractivity contribution in [2.45, 2.75) is 24.7 Å². The monoisotopic (exact) mass is 309 g/mol. The second-order valence-corrected chi connectivity index (χ2v) is 6.58. The van der Waals surface area contributed by atoms with E-state index in [0.29, 0.717) is 12.3 Å². The van der Waals surface area contributed by atoms with Gasteiger partial charge in [-0.25, -0.2) is 0 Å². The minimum absolute atomic E-state index is 0.280. The molecule has 0 fully saturated rings. The van der Waals surface area contributed by atoms with Gasteiger partial charge in [-0.05, 0) is 30.5 Å². The molecule has 4 heteroatoms. The third-order valence-corrected chi connectivity index (χ3v) is 4.78. The fraction of sp³-hybridized carbons (Fsp3) is 0.308. The molecule has 0 saturated heterocycles. The number of halogens is 1. The van der Waals surface area contributed by atoms with Crippen LogP contribution in [0.25, 0.3) is 0 Å². The van der Waals surface area contributed by atoms with E-state index in [1.165, 1.54) is 0 Å². The Bertz CT molecular complexity index is 538. The molecule has 2 nitrogen and oxygen atoms in total. The summed E-state index contributed by atoms with van der Waals surface area (Å²) < 4.78 is 1.05. The molecular weight excluding hydrogens is 298 g/mol. The number of Topliss-reactive ketones (excluding diaryl/α,β-unsaturated/α-hetero) is 1. The Morgan fingerprint density at radius 3 is 3.06 bits per heavy atom. The van der Waals surface area contributed by atoms with E-state index < -0.39 is 0 Å². The van der Waals surface area contributed by atoms with Crippen molar-refractivity contribution >= 4 is 39.2 Å². The number of benzene rings is 1. The standard InChI is InChI=1S/C13H12BrNOS/c1-7-4-10-13(11(16)5-7)17-12-6-8(14)2-3-9(12)15-10/h2-3,6-7,15H,4-5H2,1H3. The van der Waals surface area contributed by atoms with Gasteiger partial charge in [0.1, 0.15) is 0 Å². The van der Waals surface area contributed by atoms with Crippen LogP contribution < -0.4 is 5.32 Å². The molecule has 2 aliphatic rings. The summed E-state index contributed by atoms with van der Waals surface area (Å²) in [4.78, 5) is 14.0. The van der Waals surface area contributed by atoms with E-state index in [4.69, 9.17) is 0 Å². The lowest BCUT2D eigenvalue weighted by Crippen LogP contribution is -2.22. The van der Waals surface area contributed by atoms with E-state index in [9.17, 15) is 4.79 Å². The third kappa shape index (κ3) is 2.04. The molecule has 1 aromatic carbocycles. The van der Waals surface area contributed by atoms with Gasteiger partial charge in [-0.15, -0.1) is 0 Å². The Hall–Kier alpha value is -0.740. The third-order valence-electron chi connectivity index (χ3n) is 3.06. The molecule has 3 rings (SSSR count). The minimum Gasteiger partial charge on any atom is -0.357 e. The molecule has 1 atom stereocenters. The number of carbonyl (C=O) groups excluding carboxylic acids is 1. The zero-order valence-electron chi connectivity index (χ0n) is 9.42. The normalized spacial score (nSPS) is 22.9. The molecule has 0 aromatic heterocycles. The fourth-order valence-corrected chi connectivity index (χ4v) is 3.88. The predicted octanol–water partition coefficient (Wildman–Crippen LogP) is 4.18. The minimum atomic E-state index is 0.280. The molecule has 0 radical (unpaired) electrons. The summed E-state index contributed by atoms with van der Waals surface area (Å²) in [5.41, 5.74) is 2.22. The van der Waals surface area contributed by atoms with E-state index in [1.54, 1.807) is 11.8 Å². The van der Waals surface area contributed by atoms with E-state index in [2.05, 4.69) is 40.3 Å². The number of hydrogen-bond donors (Lipinski definition) is 1. The zero-order chi connectivity index (χ0) is 12.0. The second-order valence-electron chi connectivity index (χ2n) is 4.61. The predicted molar refractivity (Wildman–Crippen MR) is 74.1 cm³/mol. The number of anilines is 1. The summed E-state index contributed by atoms with van der Waals surface area (Å²) in [6.45, 7) is 2.13. The molecule has 0 saturated carbocycles. The molecule has 88 valence electrons. The smallest absolute Gasteiger partial charge is 0.171 e. The maximum Gasteiger partial charge on any atom is 0.171 e. The van der Waals surface area contributed by atoms with Crippen LogP contribution >= 0.6 is 27.7 Å². The molecule has 0 amide bonds. The maximum atomic E-state index is 12.0. The van der Waals surface area contributed by atoms with Crippen LogP contribution in [-0.4, -0.2) is 5.78 Å². The van der Waals surface area contributed by atoms with Crippen LogP contribution in [0.15, 0.2) is 38.2 Å². The van der Waals surface area contributed by atoms with Gasteiger partial charge in [0.15, 0.2) is 5.78 Å². The summed E-state index contributed by atoms with van der Waals surface area (Å²) in [5, 5.41) is 3.40. The van der Waals surface area contributed by atoms with Crippen molar-refractivity contribution in [1.29, 1.82) is 0 Å². The molecule has 0 spiro atoms. The summed E-state index contributed by atoms with van der Waals surface area (Å²) in [6, 6.07) is 6.13. The van der Waals surface area contributed by atoms with Crippen LogP contribution in [0.2, 0.25) is 0 Å². The van der Waals surface area contributed by atoms with Gasteiger partial charge in [0.25, 0.3) is 0 Å². The van der Waals surface area contributed by atoms with Crippen molar-refractivity contribution in [2.24, 2.45) is 5.92 Å². The van der Waals surface area contributed by atoms with Crippen LogP contribution in [0.3, 0.4) is 0 Å². The quantitative estimate of drug-likeness (QED) is 0.779. The topological polar surface area (TPSA) is 29.1 Å². The van der Waals surface area contributed by atoms with Crippen LogP contribution in [-0.2, 0) is 4.79 Å². The van der Waals surface area contributed by atoms with Crippen molar-refractivity contribution < 1.29 is 4.79 Å². The fourth-order valence-electron chi connectivity index (χ4n) is 2.27. The van der Waals surface area contributed by atoms with Crippen molar-refractivity contribution in [1.82, 2.24) is 0 Å². The Labute approximate surface area is 113 Å². The van der Waals surface area contributed by atoms with Gasteiger partial charge in [-0.2, -0.15) is 0 Å². The number of carbonyl (C=O) groups is 1. The average Bonchev–Trinajstić information content (AvgIpc) is 2.27. The number of ketones is 1. The number of fused-ring (bicyclic) bond motifs is 1. The van der Waals surface area contributed by atoms with Gasteiger partial charge < -0.3 is 5.32 Å². The zero-order valence-corrected chi connectivity index (χ0v) is 11.8. The van der Waals surface area contributed by atoms with Crippen molar-refractivity contribution in [3.8, 4) is 0 Å². The first-order valence-corrected chi connectivity index (χ1v) is 7.25. The molecule has 0 bridgehead atoms. The lowest BCUT2D eigenvalue weighted by Gasteiger charge is -2.29. The summed E-state index contributed by atoms with van der Waals surface area (Å²) >= 11 is 5.06. The average molecular weight is 310 g/mol. The van der Waals surface area contributed by atoms with Gasteiger partial charge in [0.2, 0.25) is 0 Å². The number of thioether (sulfide) groups is 1. The first-order chi connectivity index (χ1) is 8.13. The van der Waals surface area contributed by atoms with Crippen LogP contribution in [0.4, 0.5) is 5.69 Å². The SMILES string of the molecule is CC1CC(=O)C2=C(C1)Nc1ccc(Br)cc1S2. The molecule has 1 aromatic rings. The largest absolute Gasteiger partial charge is 0.357 e. The van der Waals surface area contributed by atoms with E-state index in [1.807, 2.05) is 6.07 Å². The number of allylic oxidation sites excluding steroid dienone is 2. The second kappa shape index (κ2) is 4.18. The van der Waals surface area contributed by atoms with Crippen LogP contribution in [0, 0.1) is 5.92 Å². The van der Waals surface area contributed by atoms with E-state index >= 15 is 0 Å². The van der Waals surface area contributed by atoms with Gasteiger partial charge in [-0.3, -0.25) is 4.79 Å². The highest BCUT2D eigenvalue weighted by Crippen LogP contribution is 2.45. The molecule has 1 aliphatic carbocycles. The van der Waals surface area contributed by atoms with Crippen LogP contribution in [0.5, 0.6) is 0 Å². The first kappa shape index (κ1) is 11.4. The highest BCUT2D eigenvalue weighted by Gasteiger charge is 2.29. The number of rotatable bonds is 0. The summed E-state index contributed by atoms with van der Waals surface area (Å²) in [6.07, 6.45) is 1.65. The van der Waals surface area contributed by atoms with Gasteiger partial charge in [-0.1, -0.05) is 34.6 Å². The van der Waals surface area contributed by atoms with E-state index in [-0.39, 0.29) is 5.78 Å². The van der Waals surface area contributed by atoms with Crippen LogP contribution in [0.1, 0.15) is 19.8 Å². The molecule has 1 aliphatic heterocycles. The highest BCUT2D eigenvalue weighted by molar-refractivity contribution is 9.10. The van der Waals surface area contributed by atoms with Crippen molar-refractivity contribution in [3.05, 3.63) is 33.3 Å². The van der Waals surface area contributed by atoms with Crippen molar-refractivity contribution in [2.75, 3.05) is 5.32 Å². The van der Waals surface area contributed by atoms with Gasteiger partial charge in [0.05, 0.1) is 10.6 Å².